The highest BCUT2D eigenvalue weighted by Crippen LogP contribution is 2.30. The van der Waals surface area contributed by atoms with E-state index in [1.807, 2.05) is 11.8 Å². The summed E-state index contributed by atoms with van der Waals surface area (Å²) < 4.78 is 0. The van der Waals surface area contributed by atoms with Crippen molar-refractivity contribution in [3.63, 3.8) is 0 Å². The van der Waals surface area contributed by atoms with Gasteiger partial charge < -0.3 is 10.4 Å². The first-order chi connectivity index (χ1) is 7.70. The van der Waals surface area contributed by atoms with Gasteiger partial charge in [0.15, 0.2) is 0 Å². The zero-order valence-corrected chi connectivity index (χ0v) is 11.2. The third kappa shape index (κ3) is 3.38. The second kappa shape index (κ2) is 5.74. The van der Waals surface area contributed by atoms with Gasteiger partial charge in [0.05, 0.1) is 5.60 Å². The van der Waals surface area contributed by atoms with Crippen LogP contribution in [0.4, 0.5) is 0 Å². The normalized spacial score (nSPS) is 40.1. The lowest BCUT2D eigenvalue weighted by molar-refractivity contribution is 0.0650. The van der Waals surface area contributed by atoms with Gasteiger partial charge in [-0.2, -0.15) is 11.8 Å². The maximum absolute atomic E-state index is 10.2. The molecule has 2 nitrogen and oxygen atoms in total. The third-order valence-electron chi connectivity index (χ3n) is 4.23. The van der Waals surface area contributed by atoms with Crippen LogP contribution in [-0.4, -0.2) is 35.3 Å². The minimum atomic E-state index is -0.414. The average molecular weight is 243 g/mol. The van der Waals surface area contributed by atoms with Crippen molar-refractivity contribution in [2.45, 2.75) is 44.6 Å². The number of hydrogen-bond donors (Lipinski definition) is 2. The van der Waals surface area contributed by atoms with E-state index >= 15 is 0 Å². The Bertz CT molecular complexity index is 216. The predicted octanol–water partition coefficient (Wildman–Crippen LogP) is 2.27. The van der Waals surface area contributed by atoms with Gasteiger partial charge >= 0.3 is 0 Å². The zero-order valence-electron chi connectivity index (χ0n) is 10.4. The summed E-state index contributed by atoms with van der Waals surface area (Å²) in [5, 5.41) is 13.7. The molecule has 3 atom stereocenters. The lowest BCUT2D eigenvalue weighted by Crippen LogP contribution is -2.43. The molecule has 1 heterocycles. The molecule has 0 bridgehead atoms. The van der Waals surface area contributed by atoms with E-state index in [0.717, 1.165) is 42.9 Å². The van der Waals surface area contributed by atoms with E-state index in [4.69, 9.17) is 0 Å². The molecule has 0 aromatic carbocycles. The molecule has 3 unspecified atom stereocenters. The summed E-state index contributed by atoms with van der Waals surface area (Å²) >= 11 is 1.88. The molecule has 2 rings (SSSR count). The lowest BCUT2D eigenvalue weighted by Gasteiger charge is -2.30. The maximum Gasteiger partial charge on any atom is 0.0869 e. The summed E-state index contributed by atoms with van der Waals surface area (Å²) in [4.78, 5) is 0. The second-order valence-electron chi connectivity index (χ2n) is 5.68. The molecule has 2 N–H and O–H groups in total. The number of rotatable bonds is 4. The first-order valence-electron chi connectivity index (χ1n) is 6.70. The van der Waals surface area contributed by atoms with Gasteiger partial charge in [-0.15, -0.1) is 0 Å². The Morgan fingerprint density at radius 1 is 1.38 bits per heavy atom. The molecule has 0 aromatic rings. The molecule has 0 radical (unpaired) electrons. The lowest BCUT2D eigenvalue weighted by atomic mass is 9.80. The average Bonchev–Trinajstić information content (AvgIpc) is 2.68. The van der Waals surface area contributed by atoms with Gasteiger partial charge in [-0.1, -0.05) is 26.2 Å². The van der Waals surface area contributed by atoms with Crippen LogP contribution in [0.25, 0.3) is 0 Å². The van der Waals surface area contributed by atoms with Crippen molar-refractivity contribution in [1.29, 1.82) is 0 Å². The SMILES string of the molecule is CC1CCCCC1CNCC1(O)CCSC1. The quantitative estimate of drug-likeness (QED) is 0.794. The highest BCUT2D eigenvalue weighted by molar-refractivity contribution is 7.99. The Morgan fingerprint density at radius 2 is 2.19 bits per heavy atom. The first kappa shape index (κ1) is 12.7. The first-order valence-corrected chi connectivity index (χ1v) is 7.86. The Morgan fingerprint density at radius 3 is 2.88 bits per heavy atom. The molecule has 0 amide bonds. The van der Waals surface area contributed by atoms with Gasteiger partial charge in [-0.05, 0) is 37.0 Å². The van der Waals surface area contributed by atoms with Crippen LogP contribution >= 0.6 is 11.8 Å². The van der Waals surface area contributed by atoms with Crippen LogP contribution in [0.5, 0.6) is 0 Å². The van der Waals surface area contributed by atoms with Crippen LogP contribution in [0.3, 0.4) is 0 Å². The van der Waals surface area contributed by atoms with Crippen LogP contribution in [0, 0.1) is 11.8 Å². The van der Waals surface area contributed by atoms with Gasteiger partial charge in [0.1, 0.15) is 0 Å². The summed E-state index contributed by atoms with van der Waals surface area (Å²) in [7, 11) is 0. The molecule has 0 spiro atoms. The molecular formula is C13H25NOS. The fourth-order valence-corrected chi connectivity index (χ4v) is 4.22. The number of thioether (sulfide) groups is 1. The Balaban J connectivity index is 1.66. The highest BCUT2D eigenvalue weighted by Gasteiger charge is 2.31. The van der Waals surface area contributed by atoms with Crippen LogP contribution in [-0.2, 0) is 0 Å². The number of nitrogens with one attached hydrogen (secondary N) is 1. The van der Waals surface area contributed by atoms with E-state index in [9.17, 15) is 5.11 Å². The van der Waals surface area contributed by atoms with Crippen LogP contribution in [0.15, 0.2) is 0 Å². The molecule has 1 saturated heterocycles. The molecule has 1 aliphatic carbocycles. The summed E-state index contributed by atoms with van der Waals surface area (Å²) in [6.07, 6.45) is 6.55. The van der Waals surface area contributed by atoms with Crippen LogP contribution < -0.4 is 5.32 Å². The van der Waals surface area contributed by atoms with Crippen molar-refractivity contribution in [1.82, 2.24) is 5.32 Å². The summed E-state index contributed by atoms with van der Waals surface area (Å²) in [6.45, 7) is 4.28. The van der Waals surface area contributed by atoms with Crippen LogP contribution in [0.2, 0.25) is 0 Å². The van der Waals surface area contributed by atoms with Crippen molar-refractivity contribution in [3.05, 3.63) is 0 Å². The predicted molar refractivity (Wildman–Crippen MR) is 70.9 cm³/mol. The van der Waals surface area contributed by atoms with E-state index in [-0.39, 0.29) is 0 Å². The van der Waals surface area contributed by atoms with Crippen molar-refractivity contribution < 1.29 is 5.11 Å². The van der Waals surface area contributed by atoms with E-state index in [2.05, 4.69) is 12.2 Å². The van der Waals surface area contributed by atoms with E-state index in [1.54, 1.807) is 0 Å². The molecule has 3 heteroatoms. The Labute approximate surface area is 104 Å². The minimum Gasteiger partial charge on any atom is -0.388 e. The third-order valence-corrected chi connectivity index (χ3v) is 5.47. The Kier molecular flexibility index (Phi) is 4.57. The summed E-state index contributed by atoms with van der Waals surface area (Å²) in [6, 6.07) is 0. The van der Waals surface area contributed by atoms with E-state index in [1.165, 1.54) is 25.7 Å². The molecule has 2 fully saturated rings. The largest absolute Gasteiger partial charge is 0.388 e. The Hall–Kier alpha value is 0.270. The maximum atomic E-state index is 10.2. The van der Waals surface area contributed by atoms with Gasteiger partial charge in [0, 0.05) is 12.3 Å². The molecule has 1 saturated carbocycles. The van der Waals surface area contributed by atoms with Crippen molar-refractivity contribution >= 4 is 11.8 Å². The molecule has 94 valence electrons. The monoisotopic (exact) mass is 243 g/mol. The molecule has 2 aliphatic rings. The van der Waals surface area contributed by atoms with Crippen molar-refractivity contribution in [2.24, 2.45) is 11.8 Å². The fraction of sp³-hybridized carbons (Fsp3) is 1.00. The van der Waals surface area contributed by atoms with Crippen molar-refractivity contribution in [3.8, 4) is 0 Å². The van der Waals surface area contributed by atoms with Gasteiger partial charge in [0.2, 0.25) is 0 Å². The topological polar surface area (TPSA) is 32.3 Å². The highest BCUT2D eigenvalue weighted by atomic mass is 32.2. The summed E-state index contributed by atoms with van der Waals surface area (Å²) in [5.41, 5.74) is -0.414. The smallest absolute Gasteiger partial charge is 0.0869 e. The van der Waals surface area contributed by atoms with Gasteiger partial charge in [0.25, 0.3) is 0 Å². The van der Waals surface area contributed by atoms with Crippen LogP contribution in [0.1, 0.15) is 39.0 Å². The molecule has 1 aliphatic heterocycles. The summed E-state index contributed by atoms with van der Waals surface area (Å²) in [5.74, 6) is 3.75. The van der Waals surface area contributed by atoms with E-state index < -0.39 is 5.60 Å². The molecule has 0 aromatic heterocycles. The number of aliphatic hydroxyl groups is 1. The minimum absolute atomic E-state index is 0.414. The zero-order chi connectivity index (χ0) is 11.4. The molecular weight excluding hydrogens is 218 g/mol. The van der Waals surface area contributed by atoms with Crippen molar-refractivity contribution in [2.75, 3.05) is 24.6 Å². The standard InChI is InChI=1S/C13H25NOS/c1-11-4-2-3-5-12(11)8-14-9-13(15)6-7-16-10-13/h11-12,14-15H,2-10H2,1H3. The number of hydrogen-bond acceptors (Lipinski definition) is 3. The second-order valence-corrected chi connectivity index (χ2v) is 6.78. The van der Waals surface area contributed by atoms with Gasteiger partial charge in [-0.3, -0.25) is 0 Å². The fourth-order valence-electron chi connectivity index (χ4n) is 2.92. The molecule has 16 heavy (non-hydrogen) atoms. The van der Waals surface area contributed by atoms with Gasteiger partial charge in [-0.25, -0.2) is 0 Å². The van der Waals surface area contributed by atoms with E-state index in [0.29, 0.717) is 0 Å².